The van der Waals surface area contributed by atoms with E-state index < -0.39 is 0 Å². The van der Waals surface area contributed by atoms with Crippen LogP contribution in [0.25, 0.3) is 0 Å². The van der Waals surface area contributed by atoms with Gasteiger partial charge in [0.15, 0.2) is 0 Å². The SMILES string of the molecule is CCCCc1ccc(C(NC)C2COCCO2)cc1. The van der Waals surface area contributed by atoms with Gasteiger partial charge in [-0.2, -0.15) is 0 Å². The molecule has 1 aromatic rings. The van der Waals surface area contributed by atoms with Crippen molar-refractivity contribution in [3.05, 3.63) is 35.4 Å². The molecule has 1 aromatic carbocycles. The van der Waals surface area contributed by atoms with Crippen LogP contribution in [0.4, 0.5) is 0 Å². The Bertz CT molecular complexity index is 358. The number of unbranched alkanes of at least 4 members (excludes halogenated alkanes) is 1. The fraction of sp³-hybridized carbons (Fsp3) is 0.625. The van der Waals surface area contributed by atoms with Crippen molar-refractivity contribution in [2.75, 3.05) is 26.9 Å². The average molecular weight is 263 g/mol. The van der Waals surface area contributed by atoms with Gasteiger partial charge in [-0.25, -0.2) is 0 Å². The maximum atomic E-state index is 5.79. The molecule has 0 spiro atoms. The van der Waals surface area contributed by atoms with E-state index in [1.54, 1.807) is 0 Å². The predicted molar refractivity (Wildman–Crippen MR) is 77.4 cm³/mol. The Labute approximate surface area is 116 Å². The van der Waals surface area contributed by atoms with Crippen molar-refractivity contribution in [2.24, 2.45) is 0 Å². The summed E-state index contributed by atoms with van der Waals surface area (Å²) in [6.45, 7) is 4.30. The smallest absolute Gasteiger partial charge is 0.100 e. The molecule has 1 aliphatic rings. The van der Waals surface area contributed by atoms with Gasteiger partial charge in [0.05, 0.1) is 25.9 Å². The molecule has 106 valence electrons. The van der Waals surface area contributed by atoms with E-state index in [1.165, 1.54) is 30.4 Å². The van der Waals surface area contributed by atoms with E-state index in [2.05, 4.69) is 36.5 Å². The summed E-state index contributed by atoms with van der Waals surface area (Å²) < 4.78 is 11.3. The van der Waals surface area contributed by atoms with E-state index in [-0.39, 0.29) is 12.1 Å². The largest absolute Gasteiger partial charge is 0.376 e. The molecule has 0 amide bonds. The van der Waals surface area contributed by atoms with Crippen molar-refractivity contribution in [3.63, 3.8) is 0 Å². The van der Waals surface area contributed by atoms with E-state index in [0.717, 1.165) is 0 Å². The van der Waals surface area contributed by atoms with Gasteiger partial charge in [0.1, 0.15) is 6.10 Å². The Morgan fingerprint density at radius 3 is 2.63 bits per heavy atom. The summed E-state index contributed by atoms with van der Waals surface area (Å²) in [6.07, 6.45) is 3.78. The van der Waals surface area contributed by atoms with Gasteiger partial charge < -0.3 is 14.8 Å². The van der Waals surface area contributed by atoms with Crippen LogP contribution >= 0.6 is 0 Å². The standard InChI is InChI=1S/C16H25NO2/c1-3-4-5-13-6-8-14(9-7-13)16(17-2)15-12-18-10-11-19-15/h6-9,15-17H,3-5,10-12H2,1-2H3. The quantitative estimate of drug-likeness (QED) is 0.856. The lowest BCUT2D eigenvalue weighted by molar-refractivity contribution is -0.101. The van der Waals surface area contributed by atoms with Crippen LogP contribution in [-0.4, -0.2) is 33.0 Å². The lowest BCUT2D eigenvalue weighted by Gasteiger charge is -2.30. The lowest BCUT2D eigenvalue weighted by atomic mass is 9.98. The zero-order chi connectivity index (χ0) is 13.5. The van der Waals surface area contributed by atoms with Crippen LogP contribution in [0.2, 0.25) is 0 Å². The molecule has 0 aromatic heterocycles. The van der Waals surface area contributed by atoms with Crippen molar-refractivity contribution >= 4 is 0 Å². The minimum Gasteiger partial charge on any atom is -0.376 e. The van der Waals surface area contributed by atoms with Crippen molar-refractivity contribution in [2.45, 2.75) is 38.3 Å². The number of hydrogen-bond donors (Lipinski definition) is 1. The van der Waals surface area contributed by atoms with Crippen LogP contribution in [-0.2, 0) is 15.9 Å². The third kappa shape index (κ3) is 4.03. The van der Waals surface area contributed by atoms with E-state index >= 15 is 0 Å². The summed E-state index contributed by atoms with van der Waals surface area (Å²) in [7, 11) is 1.98. The first-order chi connectivity index (χ1) is 9.35. The molecular formula is C16H25NO2. The third-order valence-corrected chi connectivity index (χ3v) is 3.68. The fourth-order valence-electron chi connectivity index (χ4n) is 2.54. The van der Waals surface area contributed by atoms with Gasteiger partial charge in [-0.05, 0) is 31.0 Å². The molecule has 1 fully saturated rings. The van der Waals surface area contributed by atoms with E-state index in [9.17, 15) is 0 Å². The summed E-state index contributed by atoms with van der Waals surface area (Å²) in [5.74, 6) is 0. The molecule has 2 rings (SSSR count). The number of ether oxygens (including phenoxy) is 2. The summed E-state index contributed by atoms with van der Waals surface area (Å²) in [5.41, 5.74) is 2.69. The normalized spacial score (nSPS) is 21.3. The second-order valence-electron chi connectivity index (χ2n) is 5.10. The lowest BCUT2D eigenvalue weighted by Crippen LogP contribution is -2.39. The molecule has 1 saturated heterocycles. The zero-order valence-electron chi connectivity index (χ0n) is 12.0. The third-order valence-electron chi connectivity index (χ3n) is 3.68. The molecule has 3 heteroatoms. The predicted octanol–water partition coefficient (Wildman–Crippen LogP) is 2.71. The summed E-state index contributed by atoms with van der Waals surface area (Å²) in [6, 6.07) is 9.10. The Morgan fingerprint density at radius 2 is 2.05 bits per heavy atom. The molecular weight excluding hydrogens is 238 g/mol. The van der Waals surface area contributed by atoms with Gasteiger partial charge in [-0.1, -0.05) is 37.6 Å². The van der Waals surface area contributed by atoms with Crippen LogP contribution < -0.4 is 5.32 Å². The van der Waals surface area contributed by atoms with Crippen molar-refractivity contribution in [1.82, 2.24) is 5.32 Å². The van der Waals surface area contributed by atoms with E-state index in [1.807, 2.05) is 7.05 Å². The van der Waals surface area contributed by atoms with E-state index in [4.69, 9.17) is 9.47 Å². The molecule has 0 aliphatic carbocycles. The molecule has 0 radical (unpaired) electrons. The molecule has 0 bridgehead atoms. The Kier molecular flexibility index (Phi) is 5.83. The van der Waals surface area contributed by atoms with Crippen LogP contribution in [0, 0.1) is 0 Å². The minimum atomic E-state index is 0.111. The summed E-state index contributed by atoms with van der Waals surface area (Å²) >= 11 is 0. The summed E-state index contributed by atoms with van der Waals surface area (Å²) in [5, 5.41) is 3.35. The number of rotatable bonds is 6. The van der Waals surface area contributed by atoms with Gasteiger partial charge in [0, 0.05) is 0 Å². The van der Waals surface area contributed by atoms with E-state index in [0.29, 0.717) is 19.8 Å². The summed E-state index contributed by atoms with van der Waals surface area (Å²) in [4.78, 5) is 0. The number of hydrogen-bond acceptors (Lipinski definition) is 3. The fourth-order valence-corrected chi connectivity index (χ4v) is 2.54. The maximum absolute atomic E-state index is 5.79. The Hall–Kier alpha value is -0.900. The second-order valence-corrected chi connectivity index (χ2v) is 5.10. The highest BCUT2D eigenvalue weighted by Crippen LogP contribution is 2.22. The second kappa shape index (κ2) is 7.63. The van der Waals surface area contributed by atoms with Gasteiger partial charge >= 0.3 is 0 Å². The van der Waals surface area contributed by atoms with Crippen molar-refractivity contribution in [3.8, 4) is 0 Å². The van der Waals surface area contributed by atoms with Crippen LogP contribution in [0.5, 0.6) is 0 Å². The van der Waals surface area contributed by atoms with Gasteiger partial charge in [-0.15, -0.1) is 0 Å². The molecule has 0 saturated carbocycles. The van der Waals surface area contributed by atoms with Gasteiger partial charge in [0.2, 0.25) is 0 Å². The first-order valence-electron chi connectivity index (χ1n) is 7.30. The molecule has 1 aliphatic heterocycles. The van der Waals surface area contributed by atoms with Crippen LogP contribution in [0.3, 0.4) is 0 Å². The number of nitrogens with one attached hydrogen (secondary N) is 1. The zero-order valence-corrected chi connectivity index (χ0v) is 12.0. The van der Waals surface area contributed by atoms with Crippen molar-refractivity contribution < 1.29 is 9.47 Å². The first kappa shape index (κ1) is 14.5. The maximum Gasteiger partial charge on any atom is 0.100 e. The Morgan fingerprint density at radius 1 is 1.26 bits per heavy atom. The van der Waals surface area contributed by atoms with Gasteiger partial charge in [0.25, 0.3) is 0 Å². The molecule has 1 heterocycles. The molecule has 3 nitrogen and oxygen atoms in total. The monoisotopic (exact) mass is 263 g/mol. The molecule has 19 heavy (non-hydrogen) atoms. The molecule has 1 N–H and O–H groups in total. The van der Waals surface area contributed by atoms with Crippen LogP contribution in [0.15, 0.2) is 24.3 Å². The highest BCUT2D eigenvalue weighted by molar-refractivity contribution is 5.26. The average Bonchev–Trinajstić information content (AvgIpc) is 2.48. The highest BCUT2D eigenvalue weighted by Gasteiger charge is 2.25. The molecule has 2 unspecified atom stereocenters. The number of aryl methyl sites for hydroxylation is 1. The van der Waals surface area contributed by atoms with Crippen LogP contribution in [0.1, 0.15) is 36.9 Å². The number of benzene rings is 1. The first-order valence-corrected chi connectivity index (χ1v) is 7.30. The Balaban J connectivity index is 2.01. The van der Waals surface area contributed by atoms with Gasteiger partial charge in [-0.3, -0.25) is 0 Å². The van der Waals surface area contributed by atoms with Crippen molar-refractivity contribution in [1.29, 1.82) is 0 Å². The molecule has 2 atom stereocenters. The minimum absolute atomic E-state index is 0.111. The number of likely N-dealkylation sites (N-methyl/N-ethyl adjacent to an activating group) is 1. The highest BCUT2D eigenvalue weighted by atomic mass is 16.6. The topological polar surface area (TPSA) is 30.5 Å².